The maximum atomic E-state index is 12.6. The van der Waals surface area contributed by atoms with Gasteiger partial charge in [0.05, 0.1) is 0 Å². The lowest BCUT2D eigenvalue weighted by Gasteiger charge is -2.21. The average molecular weight is 276 g/mol. The molecule has 2 N–H and O–H groups in total. The summed E-state index contributed by atoms with van der Waals surface area (Å²) < 4.78 is 49.1. The molecule has 0 heterocycles. The van der Waals surface area contributed by atoms with E-state index in [1.54, 1.807) is 24.3 Å². The fourth-order valence-corrected chi connectivity index (χ4v) is 2.85. The lowest BCUT2D eigenvalue weighted by Crippen LogP contribution is -2.36. The first-order chi connectivity index (χ1) is 8.41. The third-order valence-corrected chi connectivity index (χ3v) is 4.36. The van der Waals surface area contributed by atoms with Crippen LogP contribution < -0.4 is 5.73 Å². The molecule has 0 saturated heterocycles. The molecule has 0 aliphatic heterocycles. The highest BCUT2D eigenvalue weighted by molar-refractivity contribution is 7.89. The molecule has 1 aliphatic rings. The zero-order valence-corrected chi connectivity index (χ0v) is 10.4. The van der Waals surface area contributed by atoms with Crippen LogP contribution in [0, 0.1) is 0 Å². The summed E-state index contributed by atoms with van der Waals surface area (Å²) in [4.78, 5) is 0. The molecule has 2 rings (SSSR count). The number of alkyl halides is 2. The molecule has 0 atom stereocenters. The Morgan fingerprint density at radius 1 is 1.28 bits per heavy atom. The summed E-state index contributed by atoms with van der Waals surface area (Å²) in [5.74, 6) is -3.37. The van der Waals surface area contributed by atoms with E-state index < -0.39 is 15.8 Å². The minimum atomic E-state index is -4.52. The van der Waals surface area contributed by atoms with Crippen LogP contribution in [0.15, 0.2) is 24.3 Å². The van der Waals surface area contributed by atoms with Crippen molar-refractivity contribution in [2.45, 2.75) is 31.2 Å². The Morgan fingerprint density at radius 3 is 2.28 bits per heavy atom. The Balaban J connectivity index is 2.19. The van der Waals surface area contributed by atoms with Crippen molar-refractivity contribution in [2.75, 3.05) is 5.73 Å². The van der Waals surface area contributed by atoms with Gasteiger partial charge in [-0.3, -0.25) is 0 Å². The summed E-state index contributed by atoms with van der Waals surface area (Å²) in [5, 5.41) is 0. The number of rotatable bonds is 5. The Bertz CT molecular complexity index is 512. The van der Waals surface area contributed by atoms with Crippen LogP contribution in [0.3, 0.4) is 0 Å². The minimum absolute atomic E-state index is 0.0301. The first kappa shape index (κ1) is 13.2. The molecule has 0 radical (unpaired) electrons. The molecule has 0 aromatic heterocycles. The standard InChI is InChI=1S/C11H14F2N2O2S/c12-11(13)18(16,17)15(10-5-6-10)7-8-1-3-9(14)4-2-8/h1-4,10-11H,5-7,14H2. The zero-order valence-electron chi connectivity index (χ0n) is 9.59. The van der Waals surface area contributed by atoms with E-state index in [0.717, 1.165) is 4.31 Å². The van der Waals surface area contributed by atoms with Crippen LogP contribution in [0.4, 0.5) is 14.5 Å². The van der Waals surface area contributed by atoms with Crippen molar-refractivity contribution in [3.8, 4) is 0 Å². The van der Waals surface area contributed by atoms with Gasteiger partial charge in [0, 0.05) is 18.3 Å². The molecule has 1 aromatic rings. The van der Waals surface area contributed by atoms with Gasteiger partial charge in [-0.15, -0.1) is 0 Å². The van der Waals surface area contributed by atoms with Crippen LogP contribution in [0.5, 0.6) is 0 Å². The SMILES string of the molecule is Nc1ccc(CN(C2CC2)S(=O)(=O)C(F)F)cc1. The molecular weight excluding hydrogens is 262 g/mol. The van der Waals surface area contributed by atoms with Crippen molar-refractivity contribution < 1.29 is 17.2 Å². The molecule has 0 spiro atoms. The summed E-state index contributed by atoms with van der Waals surface area (Å²) in [6.45, 7) is -0.0301. The zero-order chi connectivity index (χ0) is 13.3. The van der Waals surface area contributed by atoms with E-state index in [9.17, 15) is 17.2 Å². The first-order valence-corrected chi connectivity index (χ1v) is 7.05. The second kappa shape index (κ2) is 4.81. The van der Waals surface area contributed by atoms with Gasteiger partial charge < -0.3 is 5.73 Å². The maximum absolute atomic E-state index is 12.6. The third-order valence-electron chi connectivity index (χ3n) is 2.82. The quantitative estimate of drug-likeness (QED) is 0.834. The molecule has 1 fully saturated rings. The normalized spacial score (nSPS) is 16.4. The fourth-order valence-electron chi connectivity index (χ4n) is 1.69. The number of sulfonamides is 1. The highest BCUT2D eigenvalue weighted by Gasteiger charge is 2.41. The highest BCUT2D eigenvalue weighted by Crippen LogP contribution is 2.32. The number of nitrogen functional groups attached to an aromatic ring is 1. The number of benzene rings is 1. The fraction of sp³-hybridized carbons (Fsp3) is 0.455. The first-order valence-electron chi connectivity index (χ1n) is 5.54. The van der Waals surface area contributed by atoms with E-state index in [-0.39, 0.29) is 12.6 Å². The topological polar surface area (TPSA) is 63.4 Å². The van der Waals surface area contributed by atoms with Gasteiger partial charge in [-0.05, 0) is 30.5 Å². The molecule has 7 heteroatoms. The summed E-state index contributed by atoms with van der Waals surface area (Å²) in [6, 6.07) is 6.24. The van der Waals surface area contributed by atoms with Gasteiger partial charge in [-0.25, -0.2) is 8.42 Å². The molecule has 0 unspecified atom stereocenters. The number of anilines is 1. The molecule has 1 aromatic carbocycles. The van der Waals surface area contributed by atoms with E-state index in [2.05, 4.69) is 0 Å². The van der Waals surface area contributed by atoms with E-state index in [1.165, 1.54) is 0 Å². The largest absolute Gasteiger partial charge is 0.399 e. The maximum Gasteiger partial charge on any atom is 0.350 e. The van der Waals surface area contributed by atoms with E-state index in [1.807, 2.05) is 0 Å². The Labute approximate surface area is 104 Å². The van der Waals surface area contributed by atoms with E-state index >= 15 is 0 Å². The minimum Gasteiger partial charge on any atom is -0.399 e. The number of nitrogens with two attached hydrogens (primary N) is 1. The Morgan fingerprint density at radius 2 is 1.83 bits per heavy atom. The average Bonchev–Trinajstić information content (AvgIpc) is 3.11. The number of hydrogen-bond acceptors (Lipinski definition) is 3. The molecule has 0 amide bonds. The summed E-state index contributed by atoms with van der Waals surface area (Å²) in [5.41, 5.74) is 6.71. The van der Waals surface area contributed by atoms with Crippen molar-refractivity contribution in [2.24, 2.45) is 0 Å². The molecule has 1 aliphatic carbocycles. The second-order valence-corrected chi connectivity index (χ2v) is 6.18. The molecule has 0 bridgehead atoms. The summed E-state index contributed by atoms with van der Waals surface area (Å²) >= 11 is 0. The van der Waals surface area contributed by atoms with Gasteiger partial charge in [0.2, 0.25) is 0 Å². The lowest BCUT2D eigenvalue weighted by molar-refractivity contribution is 0.216. The van der Waals surface area contributed by atoms with Crippen LogP contribution in [0.1, 0.15) is 18.4 Å². The van der Waals surface area contributed by atoms with Crippen molar-refractivity contribution in [3.05, 3.63) is 29.8 Å². The van der Waals surface area contributed by atoms with Crippen LogP contribution in [-0.2, 0) is 16.6 Å². The van der Waals surface area contributed by atoms with Crippen LogP contribution in [0.2, 0.25) is 0 Å². The Hall–Kier alpha value is -1.21. The number of nitrogens with zero attached hydrogens (tertiary/aromatic N) is 1. The van der Waals surface area contributed by atoms with Crippen LogP contribution in [-0.4, -0.2) is 24.5 Å². The van der Waals surface area contributed by atoms with Gasteiger partial charge in [-0.2, -0.15) is 13.1 Å². The number of halogens is 2. The predicted octanol–water partition coefficient (Wildman–Crippen LogP) is 1.79. The van der Waals surface area contributed by atoms with E-state index in [0.29, 0.717) is 24.1 Å². The Kier molecular flexibility index (Phi) is 3.54. The van der Waals surface area contributed by atoms with Gasteiger partial charge >= 0.3 is 5.76 Å². The van der Waals surface area contributed by atoms with Crippen molar-refractivity contribution in [3.63, 3.8) is 0 Å². The predicted molar refractivity (Wildman–Crippen MR) is 64.3 cm³/mol. The third kappa shape index (κ3) is 2.78. The molecule has 4 nitrogen and oxygen atoms in total. The smallest absolute Gasteiger partial charge is 0.350 e. The second-order valence-electron chi connectivity index (χ2n) is 4.32. The highest BCUT2D eigenvalue weighted by atomic mass is 32.2. The monoisotopic (exact) mass is 276 g/mol. The molecule has 18 heavy (non-hydrogen) atoms. The van der Waals surface area contributed by atoms with Gasteiger partial charge in [-0.1, -0.05) is 12.1 Å². The van der Waals surface area contributed by atoms with Crippen molar-refractivity contribution in [1.29, 1.82) is 0 Å². The summed E-state index contributed by atoms with van der Waals surface area (Å²) in [6.07, 6.45) is 1.28. The van der Waals surface area contributed by atoms with Crippen LogP contribution in [0.25, 0.3) is 0 Å². The summed E-state index contributed by atoms with van der Waals surface area (Å²) in [7, 11) is -4.52. The van der Waals surface area contributed by atoms with Crippen molar-refractivity contribution >= 4 is 15.7 Å². The van der Waals surface area contributed by atoms with E-state index in [4.69, 9.17) is 5.73 Å². The van der Waals surface area contributed by atoms with Crippen LogP contribution >= 0.6 is 0 Å². The number of hydrogen-bond donors (Lipinski definition) is 1. The molecule has 1 saturated carbocycles. The molecule has 100 valence electrons. The van der Waals surface area contributed by atoms with Crippen molar-refractivity contribution in [1.82, 2.24) is 4.31 Å². The molecular formula is C11H14F2N2O2S. The van der Waals surface area contributed by atoms with Gasteiger partial charge in [0.1, 0.15) is 0 Å². The van der Waals surface area contributed by atoms with Gasteiger partial charge in [0.25, 0.3) is 10.0 Å². The lowest BCUT2D eigenvalue weighted by atomic mass is 10.2. The van der Waals surface area contributed by atoms with Gasteiger partial charge in [0.15, 0.2) is 0 Å².